The van der Waals surface area contributed by atoms with Crippen LogP contribution in [0.15, 0.2) is 0 Å². The minimum atomic E-state index is 0.0439. The average molecular weight is 213 g/mol. The Morgan fingerprint density at radius 3 is 2.87 bits per heavy atom. The number of aliphatic hydroxyl groups is 1. The summed E-state index contributed by atoms with van der Waals surface area (Å²) in [5, 5.41) is 9.02. The number of nitrogens with zero attached hydrogens (tertiary/aromatic N) is 1. The Kier molecular flexibility index (Phi) is 3.26. The monoisotopic (exact) mass is 213 g/mol. The lowest BCUT2D eigenvalue weighted by molar-refractivity contribution is -0.136. The summed E-state index contributed by atoms with van der Waals surface area (Å²) in [5.74, 6) is 0.546. The number of ether oxygens (including phenoxy) is 1. The molecular formula is C11H19NO3. The first-order valence-electron chi connectivity index (χ1n) is 5.73. The van der Waals surface area contributed by atoms with E-state index in [1.807, 2.05) is 11.8 Å². The van der Waals surface area contributed by atoms with Crippen molar-refractivity contribution in [2.45, 2.75) is 25.9 Å². The predicted molar refractivity (Wildman–Crippen MR) is 55.3 cm³/mol. The fourth-order valence-corrected chi connectivity index (χ4v) is 2.47. The first kappa shape index (κ1) is 10.9. The number of rotatable bonds is 2. The van der Waals surface area contributed by atoms with Crippen molar-refractivity contribution < 1.29 is 14.6 Å². The Bertz CT molecular complexity index is 244. The van der Waals surface area contributed by atoms with E-state index in [0.29, 0.717) is 6.61 Å². The topological polar surface area (TPSA) is 49.8 Å². The molecule has 0 saturated carbocycles. The van der Waals surface area contributed by atoms with Crippen molar-refractivity contribution in [2.75, 3.05) is 26.3 Å². The molecule has 3 atom stereocenters. The number of carbonyl (C=O) groups is 1. The number of hydrogen-bond donors (Lipinski definition) is 1. The lowest BCUT2D eigenvalue weighted by Gasteiger charge is -2.22. The van der Waals surface area contributed by atoms with Crippen LogP contribution in [0.4, 0.5) is 0 Å². The van der Waals surface area contributed by atoms with Crippen molar-refractivity contribution in [3.05, 3.63) is 0 Å². The molecule has 0 spiro atoms. The highest BCUT2D eigenvalue weighted by Gasteiger charge is 2.36. The smallest absolute Gasteiger partial charge is 0.228 e. The summed E-state index contributed by atoms with van der Waals surface area (Å²) in [6, 6.07) is 0. The van der Waals surface area contributed by atoms with Gasteiger partial charge in [0.05, 0.1) is 12.0 Å². The van der Waals surface area contributed by atoms with Crippen LogP contribution in [0, 0.1) is 11.8 Å². The minimum Gasteiger partial charge on any atom is -0.396 e. The van der Waals surface area contributed by atoms with Crippen LogP contribution >= 0.6 is 0 Å². The van der Waals surface area contributed by atoms with E-state index in [1.54, 1.807) is 0 Å². The molecule has 2 saturated heterocycles. The highest BCUT2D eigenvalue weighted by molar-refractivity contribution is 5.80. The Balaban J connectivity index is 1.91. The fourth-order valence-electron chi connectivity index (χ4n) is 2.47. The lowest BCUT2D eigenvalue weighted by atomic mass is 10.0. The van der Waals surface area contributed by atoms with Crippen LogP contribution in [0.1, 0.15) is 19.8 Å². The van der Waals surface area contributed by atoms with Gasteiger partial charge in [-0.15, -0.1) is 0 Å². The van der Waals surface area contributed by atoms with Crippen molar-refractivity contribution in [1.82, 2.24) is 4.90 Å². The molecule has 2 heterocycles. The van der Waals surface area contributed by atoms with E-state index in [-0.39, 0.29) is 30.5 Å². The highest BCUT2D eigenvalue weighted by atomic mass is 16.5. The van der Waals surface area contributed by atoms with Gasteiger partial charge in [0, 0.05) is 32.2 Å². The van der Waals surface area contributed by atoms with E-state index in [4.69, 9.17) is 9.84 Å². The van der Waals surface area contributed by atoms with E-state index < -0.39 is 0 Å². The fraction of sp³-hybridized carbons (Fsp3) is 0.909. The standard InChI is InChI=1S/C11H19NO3/c1-8-10(3-5-15-8)11(14)12-4-2-9(6-12)7-13/h8-10,13H,2-7H2,1H3. The van der Waals surface area contributed by atoms with Crippen molar-refractivity contribution >= 4 is 5.91 Å². The second-order valence-corrected chi connectivity index (χ2v) is 4.59. The molecule has 0 bridgehead atoms. The molecule has 0 aromatic carbocycles. The zero-order valence-electron chi connectivity index (χ0n) is 9.19. The van der Waals surface area contributed by atoms with Crippen molar-refractivity contribution in [3.63, 3.8) is 0 Å². The van der Waals surface area contributed by atoms with Crippen LogP contribution < -0.4 is 0 Å². The molecule has 86 valence electrons. The van der Waals surface area contributed by atoms with Crippen LogP contribution in [0.3, 0.4) is 0 Å². The van der Waals surface area contributed by atoms with Gasteiger partial charge in [-0.05, 0) is 19.8 Å². The molecule has 2 aliphatic heterocycles. The molecule has 0 radical (unpaired) electrons. The average Bonchev–Trinajstić information content (AvgIpc) is 2.84. The third kappa shape index (κ3) is 2.16. The summed E-state index contributed by atoms with van der Waals surface area (Å²) in [4.78, 5) is 14.0. The van der Waals surface area contributed by atoms with Gasteiger partial charge in [-0.2, -0.15) is 0 Å². The van der Waals surface area contributed by atoms with Gasteiger partial charge < -0.3 is 14.7 Å². The highest BCUT2D eigenvalue weighted by Crippen LogP contribution is 2.25. The molecule has 0 aliphatic carbocycles. The molecule has 2 aliphatic rings. The zero-order valence-corrected chi connectivity index (χ0v) is 9.19. The van der Waals surface area contributed by atoms with E-state index in [0.717, 1.165) is 25.9 Å². The number of hydrogen-bond acceptors (Lipinski definition) is 3. The molecule has 3 unspecified atom stereocenters. The van der Waals surface area contributed by atoms with Gasteiger partial charge in [0.25, 0.3) is 0 Å². The molecule has 1 amide bonds. The molecule has 4 heteroatoms. The van der Waals surface area contributed by atoms with Gasteiger partial charge in [0.1, 0.15) is 0 Å². The van der Waals surface area contributed by atoms with E-state index in [2.05, 4.69) is 0 Å². The molecule has 4 nitrogen and oxygen atoms in total. The SMILES string of the molecule is CC1OCCC1C(=O)N1CCC(CO)C1. The van der Waals surface area contributed by atoms with Gasteiger partial charge >= 0.3 is 0 Å². The van der Waals surface area contributed by atoms with Gasteiger partial charge in [-0.3, -0.25) is 4.79 Å². The Hall–Kier alpha value is -0.610. The third-order valence-electron chi connectivity index (χ3n) is 3.55. The molecule has 1 N–H and O–H groups in total. The summed E-state index contributed by atoms with van der Waals surface area (Å²) in [6.45, 7) is 4.39. The van der Waals surface area contributed by atoms with Gasteiger partial charge in [-0.25, -0.2) is 0 Å². The van der Waals surface area contributed by atoms with Crippen LogP contribution in [0.25, 0.3) is 0 Å². The molecule has 15 heavy (non-hydrogen) atoms. The maximum Gasteiger partial charge on any atom is 0.228 e. The maximum atomic E-state index is 12.1. The quantitative estimate of drug-likeness (QED) is 0.715. The summed E-state index contributed by atoms with van der Waals surface area (Å²) in [5.41, 5.74) is 0. The van der Waals surface area contributed by atoms with Crippen LogP contribution in [-0.4, -0.2) is 48.3 Å². The van der Waals surface area contributed by atoms with Crippen LogP contribution in [-0.2, 0) is 9.53 Å². The molecule has 0 aromatic rings. The predicted octanol–water partition coefficient (Wildman–Crippen LogP) is 0.252. The van der Waals surface area contributed by atoms with E-state index in [1.165, 1.54) is 0 Å². The van der Waals surface area contributed by atoms with Crippen molar-refractivity contribution in [1.29, 1.82) is 0 Å². The summed E-state index contributed by atoms with van der Waals surface area (Å²) >= 11 is 0. The second-order valence-electron chi connectivity index (χ2n) is 4.59. The number of carbonyl (C=O) groups excluding carboxylic acids is 1. The Morgan fingerprint density at radius 1 is 1.53 bits per heavy atom. The summed E-state index contributed by atoms with van der Waals surface area (Å²) in [7, 11) is 0. The van der Waals surface area contributed by atoms with Gasteiger partial charge in [0.2, 0.25) is 5.91 Å². The van der Waals surface area contributed by atoms with E-state index >= 15 is 0 Å². The molecule has 0 aromatic heterocycles. The third-order valence-corrected chi connectivity index (χ3v) is 3.55. The van der Waals surface area contributed by atoms with Crippen LogP contribution in [0.2, 0.25) is 0 Å². The Labute approximate surface area is 90.2 Å². The number of aliphatic hydroxyl groups excluding tert-OH is 1. The molecule has 2 fully saturated rings. The minimum absolute atomic E-state index is 0.0439. The first-order chi connectivity index (χ1) is 7.22. The normalized spacial score (nSPS) is 36.1. The Morgan fingerprint density at radius 2 is 2.33 bits per heavy atom. The number of likely N-dealkylation sites (tertiary alicyclic amines) is 1. The van der Waals surface area contributed by atoms with Gasteiger partial charge in [-0.1, -0.05) is 0 Å². The van der Waals surface area contributed by atoms with Crippen LogP contribution in [0.5, 0.6) is 0 Å². The largest absolute Gasteiger partial charge is 0.396 e. The molecular weight excluding hydrogens is 194 g/mol. The lowest BCUT2D eigenvalue weighted by Crippen LogP contribution is -2.37. The number of amides is 1. The molecule has 2 rings (SSSR count). The zero-order chi connectivity index (χ0) is 10.8. The van der Waals surface area contributed by atoms with Gasteiger partial charge in [0.15, 0.2) is 0 Å². The van der Waals surface area contributed by atoms with E-state index in [9.17, 15) is 4.79 Å². The summed E-state index contributed by atoms with van der Waals surface area (Å²) < 4.78 is 5.40. The maximum absolute atomic E-state index is 12.1. The summed E-state index contributed by atoms with van der Waals surface area (Å²) in [6.07, 6.45) is 1.84. The first-order valence-corrected chi connectivity index (χ1v) is 5.73. The second kappa shape index (κ2) is 4.49. The van der Waals surface area contributed by atoms with Crippen molar-refractivity contribution in [3.8, 4) is 0 Å². The van der Waals surface area contributed by atoms with Crippen molar-refractivity contribution in [2.24, 2.45) is 11.8 Å².